The Kier molecular flexibility index (Phi) is 5.04. The van der Waals surface area contributed by atoms with Gasteiger partial charge in [0, 0.05) is 0 Å². The fourth-order valence-corrected chi connectivity index (χ4v) is 3.42. The number of carbonyl (C=O) groups excluding carboxylic acids is 1. The van der Waals surface area contributed by atoms with Gasteiger partial charge in [-0.1, -0.05) is 25.2 Å². The van der Waals surface area contributed by atoms with E-state index in [2.05, 4.69) is 17.9 Å². The summed E-state index contributed by atoms with van der Waals surface area (Å²) in [5.74, 6) is 6.10. The number of likely N-dealkylation sites (tertiary alicyclic amines) is 1. The van der Waals surface area contributed by atoms with Crippen molar-refractivity contribution in [2.45, 2.75) is 70.0 Å². The van der Waals surface area contributed by atoms with Crippen molar-refractivity contribution in [1.82, 2.24) is 4.90 Å². The molecule has 108 valence electrons. The highest BCUT2D eigenvalue weighted by molar-refractivity contribution is 5.83. The molecule has 1 amide bonds. The average Bonchev–Trinajstić information content (AvgIpc) is 2.90. The molecule has 1 saturated heterocycles. The quantitative estimate of drug-likeness (QED) is 0.780. The molecule has 2 rings (SSSR count). The topological polar surface area (TPSA) is 70.1 Å². The molecule has 1 aliphatic heterocycles. The van der Waals surface area contributed by atoms with Crippen LogP contribution in [-0.2, 0) is 4.79 Å². The molecule has 0 aromatic carbocycles. The van der Waals surface area contributed by atoms with Gasteiger partial charge in [-0.15, -0.1) is 5.92 Å². The lowest BCUT2D eigenvalue weighted by Crippen LogP contribution is -2.52. The van der Waals surface area contributed by atoms with E-state index in [0.29, 0.717) is 6.42 Å². The summed E-state index contributed by atoms with van der Waals surface area (Å²) in [5, 5.41) is 9.23. The van der Waals surface area contributed by atoms with Crippen molar-refractivity contribution in [3.05, 3.63) is 0 Å². The van der Waals surface area contributed by atoms with Gasteiger partial charge in [0.2, 0.25) is 5.91 Å². The molecule has 3 atom stereocenters. The number of carbonyl (C=O) groups is 1. The normalized spacial score (nSPS) is 28.4. The first-order valence-electron chi connectivity index (χ1n) is 7.58. The minimum Gasteiger partial charge on any atom is -0.320 e. The standard InChI is InChI=1S/C16H23N3O/c1-2-6-13-9-10-14(11-17)19(13)16(20)15(18)12-7-4-3-5-8-12/h12-15H,3-5,7-10,18H2,1H3/t13-,14-,15-/m0/s1. The number of hydrogen-bond donors (Lipinski definition) is 1. The number of rotatable bonds is 2. The van der Waals surface area contributed by atoms with Crippen molar-refractivity contribution in [2.75, 3.05) is 0 Å². The molecule has 0 radical (unpaired) electrons. The predicted octanol–water partition coefficient (Wildman–Crippen LogP) is 1.80. The Morgan fingerprint density at radius 1 is 1.20 bits per heavy atom. The zero-order valence-corrected chi connectivity index (χ0v) is 12.1. The molecule has 0 unspecified atom stereocenters. The molecular formula is C16H23N3O. The Hall–Kier alpha value is -1.52. The van der Waals surface area contributed by atoms with Gasteiger partial charge in [0.25, 0.3) is 0 Å². The van der Waals surface area contributed by atoms with Gasteiger partial charge in [-0.2, -0.15) is 5.26 Å². The van der Waals surface area contributed by atoms with Crippen molar-refractivity contribution >= 4 is 5.91 Å². The third-order valence-corrected chi connectivity index (χ3v) is 4.54. The minimum atomic E-state index is -0.467. The first kappa shape index (κ1) is 14.9. The predicted molar refractivity (Wildman–Crippen MR) is 77.3 cm³/mol. The minimum absolute atomic E-state index is 0.0753. The van der Waals surface area contributed by atoms with Gasteiger partial charge in [-0.05, 0) is 38.5 Å². The third kappa shape index (κ3) is 2.97. The fraction of sp³-hybridized carbons (Fsp3) is 0.750. The van der Waals surface area contributed by atoms with Gasteiger partial charge in [-0.3, -0.25) is 4.79 Å². The molecular weight excluding hydrogens is 250 g/mol. The summed E-state index contributed by atoms with van der Waals surface area (Å²) in [6.45, 7) is 1.77. The van der Waals surface area contributed by atoms with Crippen LogP contribution in [0.4, 0.5) is 0 Å². The van der Waals surface area contributed by atoms with Crippen molar-refractivity contribution in [1.29, 1.82) is 5.26 Å². The lowest BCUT2D eigenvalue weighted by atomic mass is 9.83. The highest BCUT2D eigenvalue weighted by Crippen LogP contribution is 2.30. The fourth-order valence-electron chi connectivity index (χ4n) is 3.42. The summed E-state index contributed by atoms with van der Waals surface area (Å²) in [6.07, 6.45) is 7.11. The van der Waals surface area contributed by atoms with E-state index in [0.717, 1.165) is 32.1 Å². The van der Waals surface area contributed by atoms with Crippen LogP contribution < -0.4 is 5.73 Å². The van der Waals surface area contributed by atoms with Crippen LogP contribution in [0.2, 0.25) is 0 Å². The highest BCUT2D eigenvalue weighted by atomic mass is 16.2. The largest absolute Gasteiger partial charge is 0.320 e. The zero-order valence-electron chi connectivity index (χ0n) is 12.1. The van der Waals surface area contributed by atoms with E-state index in [1.54, 1.807) is 11.8 Å². The highest BCUT2D eigenvalue weighted by Gasteiger charge is 2.40. The summed E-state index contributed by atoms with van der Waals surface area (Å²) in [6, 6.07) is 1.26. The monoisotopic (exact) mass is 273 g/mol. The second-order valence-corrected chi connectivity index (χ2v) is 5.80. The molecule has 1 aliphatic carbocycles. The van der Waals surface area contributed by atoms with E-state index in [1.165, 1.54) is 6.42 Å². The first-order valence-corrected chi connectivity index (χ1v) is 7.58. The van der Waals surface area contributed by atoms with Crippen molar-refractivity contribution in [2.24, 2.45) is 11.7 Å². The number of nitriles is 1. The number of hydrogen-bond acceptors (Lipinski definition) is 3. The number of nitrogens with zero attached hydrogens (tertiary/aromatic N) is 2. The lowest BCUT2D eigenvalue weighted by molar-refractivity contribution is -0.135. The smallest absolute Gasteiger partial charge is 0.241 e. The Morgan fingerprint density at radius 3 is 2.45 bits per heavy atom. The molecule has 0 aromatic rings. The molecule has 0 bridgehead atoms. The maximum atomic E-state index is 12.7. The van der Waals surface area contributed by atoms with Crippen molar-refractivity contribution in [3.63, 3.8) is 0 Å². The van der Waals surface area contributed by atoms with Gasteiger partial charge in [0.1, 0.15) is 6.04 Å². The average molecular weight is 273 g/mol. The molecule has 1 heterocycles. The van der Waals surface area contributed by atoms with Crippen LogP contribution in [0.3, 0.4) is 0 Å². The first-order chi connectivity index (χ1) is 9.69. The molecule has 2 aliphatic rings. The van der Waals surface area contributed by atoms with E-state index < -0.39 is 6.04 Å². The van der Waals surface area contributed by atoms with Gasteiger partial charge in [-0.25, -0.2) is 0 Å². The Morgan fingerprint density at radius 2 is 1.85 bits per heavy atom. The second-order valence-electron chi connectivity index (χ2n) is 5.80. The molecule has 4 nitrogen and oxygen atoms in total. The zero-order chi connectivity index (χ0) is 14.5. The van der Waals surface area contributed by atoms with Crippen LogP contribution in [0, 0.1) is 29.1 Å². The van der Waals surface area contributed by atoms with E-state index in [1.807, 2.05) is 0 Å². The molecule has 4 heteroatoms. The second kappa shape index (κ2) is 6.77. The molecule has 0 spiro atoms. The van der Waals surface area contributed by atoms with Gasteiger partial charge < -0.3 is 10.6 Å². The van der Waals surface area contributed by atoms with Crippen LogP contribution in [0.1, 0.15) is 51.9 Å². The van der Waals surface area contributed by atoms with E-state index in [4.69, 9.17) is 5.73 Å². The SMILES string of the molecule is CC#C[C@H]1CC[C@@H](C#N)N1C(=O)[C@@H](N)C1CCCCC1. The molecule has 2 N–H and O–H groups in total. The molecule has 20 heavy (non-hydrogen) atoms. The Bertz CT molecular complexity index is 451. The molecule has 1 saturated carbocycles. The van der Waals surface area contributed by atoms with E-state index in [-0.39, 0.29) is 23.9 Å². The van der Waals surface area contributed by atoms with Crippen LogP contribution >= 0.6 is 0 Å². The van der Waals surface area contributed by atoms with Crippen LogP contribution in [0.25, 0.3) is 0 Å². The summed E-state index contributed by atoms with van der Waals surface area (Å²) in [4.78, 5) is 14.3. The van der Waals surface area contributed by atoms with Crippen LogP contribution in [0.15, 0.2) is 0 Å². The van der Waals surface area contributed by atoms with E-state index >= 15 is 0 Å². The van der Waals surface area contributed by atoms with Crippen molar-refractivity contribution < 1.29 is 4.79 Å². The lowest BCUT2D eigenvalue weighted by Gasteiger charge is -2.32. The Labute approximate surface area is 121 Å². The van der Waals surface area contributed by atoms with Crippen LogP contribution in [-0.4, -0.2) is 28.9 Å². The van der Waals surface area contributed by atoms with Gasteiger partial charge in [0.05, 0.1) is 18.2 Å². The summed E-state index contributed by atoms with van der Waals surface area (Å²) >= 11 is 0. The molecule has 0 aromatic heterocycles. The Balaban J connectivity index is 2.11. The van der Waals surface area contributed by atoms with Crippen LogP contribution in [0.5, 0.6) is 0 Å². The number of nitrogens with two attached hydrogens (primary N) is 1. The summed E-state index contributed by atoms with van der Waals surface area (Å²) < 4.78 is 0. The number of amides is 1. The van der Waals surface area contributed by atoms with Gasteiger partial charge in [0.15, 0.2) is 0 Å². The van der Waals surface area contributed by atoms with E-state index in [9.17, 15) is 10.1 Å². The molecule has 2 fully saturated rings. The summed E-state index contributed by atoms with van der Waals surface area (Å²) in [7, 11) is 0. The maximum Gasteiger partial charge on any atom is 0.241 e. The maximum absolute atomic E-state index is 12.7. The van der Waals surface area contributed by atoms with Gasteiger partial charge >= 0.3 is 0 Å². The summed E-state index contributed by atoms with van der Waals surface area (Å²) in [5.41, 5.74) is 6.20. The third-order valence-electron chi connectivity index (χ3n) is 4.54. The van der Waals surface area contributed by atoms with Crippen molar-refractivity contribution in [3.8, 4) is 17.9 Å².